The first kappa shape index (κ1) is 12.5. The molecule has 0 aromatic rings. The van der Waals surface area contributed by atoms with Crippen LogP contribution >= 0.6 is 0 Å². The number of carbonyl (C=O) groups excluding carboxylic acids is 1. The third kappa shape index (κ3) is 3.94. The fraction of sp³-hybridized carbons (Fsp3) is 0.600. The summed E-state index contributed by atoms with van der Waals surface area (Å²) in [6.07, 6.45) is 0. The quantitative estimate of drug-likeness (QED) is 0.671. The Labute approximate surface area is 83.9 Å². The Morgan fingerprint density at radius 1 is 1.50 bits per heavy atom. The van der Waals surface area contributed by atoms with E-state index in [1.54, 1.807) is 20.8 Å². The van der Waals surface area contributed by atoms with Gasteiger partial charge in [0.25, 0.3) is 5.91 Å². The average molecular weight is 197 g/mol. The molecule has 14 heavy (non-hydrogen) atoms. The average Bonchev–Trinajstić information content (AvgIpc) is 2.13. The van der Waals surface area contributed by atoms with Crippen LogP contribution in [0.15, 0.2) is 0 Å². The second-order valence-electron chi connectivity index (χ2n) is 2.96. The van der Waals surface area contributed by atoms with Gasteiger partial charge >= 0.3 is 5.97 Å². The van der Waals surface area contributed by atoms with E-state index in [1.807, 2.05) is 0 Å². The molecule has 0 aliphatic carbocycles. The Morgan fingerprint density at radius 2 is 2.07 bits per heavy atom. The van der Waals surface area contributed by atoms with Gasteiger partial charge < -0.3 is 10.0 Å². The first-order valence-electron chi connectivity index (χ1n) is 4.47. The van der Waals surface area contributed by atoms with E-state index in [9.17, 15) is 9.59 Å². The van der Waals surface area contributed by atoms with Crippen LogP contribution in [-0.2, 0) is 9.59 Å². The van der Waals surface area contributed by atoms with Gasteiger partial charge in [0, 0.05) is 13.1 Å². The van der Waals surface area contributed by atoms with Crippen LogP contribution in [0.1, 0.15) is 20.8 Å². The highest BCUT2D eigenvalue weighted by Gasteiger charge is 2.17. The van der Waals surface area contributed by atoms with Gasteiger partial charge in [0.15, 0.2) is 0 Å². The monoisotopic (exact) mass is 197 g/mol. The van der Waals surface area contributed by atoms with Crippen molar-refractivity contribution in [1.82, 2.24) is 4.90 Å². The topological polar surface area (TPSA) is 57.6 Å². The summed E-state index contributed by atoms with van der Waals surface area (Å²) < 4.78 is 0. The van der Waals surface area contributed by atoms with Gasteiger partial charge in [-0.3, -0.25) is 9.59 Å². The molecule has 78 valence electrons. The molecule has 0 spiro atoms. The van der Waals surface area contributed by atoms with E-state index in [4.69, 9.17) is 5.11 Å². The van der Waals surface area contributed by atoms with Crippen LogP contribution < -0.4 is 0 Å². The summed E-state index contributed by atoms with van der Waals surface area (Å²) >= 11 is 0. The maximum Gasteiger partial charge on any atom is 0.308 e. The van der Waals surface area contributed by atoms with Crippen LogP contribution in [0.5, 0.6) is 0 Å². The SMILES string of the molecule is CC#CC(=O)N(CC)CC(C)C(=O)O. The van der Waals surface area contributed by atoms with E-state index in [0.717, 1.165) is 0 Å². The standard InChI is InChI=1S/C10H15NO3/c1-4-6-9(12)11(5-2)7-8(3)10(13)14/h8H,5,7H2,1-3H3,(H,13,14). The van der Waals surface area contributed by atoms with E-state index in [1.165, 1.54) is 4.90 Å². The number of carboxylic acids is 1. The number of nitrogens with zero attached hydrogens (tertiary/aromatic N) is 1. The number of aliphatic carboxylic acids is 1. The zero-order chi connectivity index (χ0) is 11.1. The van der Waals surface area contributed by atoms with Crippen molar-refractivity contribution in [1.29, 1.82) is 0 Å². The fourth-order valence-electron chi connectivity index (χ4n) is 0.950. The van der Waals surface area contributed by atoms with Crippen LogP contribution in [0.4, 0.5) is 0 Å². The number of carbonyl (C=O) groups is 2. The maximum absolute atomic E-state index is 11.3. The summed E-state index contributed by atoms with van der Waals surface area (Å²) in [5.74, 6) is 3.10. The van der Waals surface area contributed by atoms with Crippen LogP contribution in [0.25, 0.3) is 0 Å². The van der Waals surface area contributed by atoms with E-state index >= 15 is 0 Å². The molecule has 0 aliphatic heterocycles. The number of rotatable bonds is 4. The molecule has 4 nitrogen and oxygen atoms in total. The van der Waals surface area contributed by atoms with E-state index in [2.05, 4.69) is 11.8 Å². The Kier molecular flexibility index (Phi) is 5.38. The van der Waals surface area contributed by atoms with Crippen LogP contribution in [0, 0.1) is 17.8 Å². The Bertz CT molecular complexity index is 275. The molecule has 1 unspecified atom stereocenters. The molecule has 1 N–H and O–H groups in total. The molecule has 0 heterocycles. The molecule has 0 aliphatic rings. The zero-order valence-electron chi connectivity index (χ0n) is 8.70. The van der Waals surface area contributed by atoms with Gasteiger partial charge in [0.1, 0.15) is 0 Å². The number of hydrogen-bond acceptors (Lipinski definition) is 2. The van der Waals surface area contributed by atoms with Gasteiger partial charge in [-0.05, 0) is 19.8 Å². The van der Waals surface area contributed by atoms with Crippen LogP contribution in [0.3, 0.4) is 0 Å². The molecule has 0 aromatic carbocycles. The summed E-state index contributed by atoms with van der Waals surface area (Å²) in [5.41, 5.74) is 0. The van der Waals surface area contributed by atoms with Crippen molar-refractivity contribution in [3.05, 3.63) is 0 Å². The number of carboxylic acid groups (broad SMARTS) is 1. The minimum absolute atomic E-state index is 0.208. The van der Waals surface area contributed by atoms with Crippen molar-refractivity contribution in [3.8, 4) is 11.8 Å². The van der Waals surface area contributed by atoms with Crippen molar-refractivity contribution in [2.45, 2.75) is 20.8 Å². The first-order chi connectivity index (χ1) is 6.52. The summed E-state index contributed by atoms with van der Waals surface area (Å²) in [6.45, 7) is 5.62. The molecule has 1 amide bonds. The van der Waals surface area contributed by atoms with Crippen molar-refractivity contribution >= 4 is 11.9 Å². The minimum Gasteiger partial charge on any atom is -0.481 e. The second kappa shape index (κ2) is 6.03. The first-order valence-corrected chi connectivity index (χ1v) is 4.47. The number of amides is 1. The largest absolute Gasteiger partial charge is 0.481 e. The lowest BCUT2D eigenvalue weighted by molar-refractivity contribution is -0.142. The van der Waals surface area contributed by atoms with Crippen molar-refractivity contribution in [2.24, 2.45) is 5.92 Å². The molecule has 0 fully saturated rings. The number of hydrogen-bond donors (Lipinski definition) is 1. The van der Waals surface area contributed by atoms with Crippen molar-refractivity contribution < 1.29 is 14.7 Å². The second-order valence-corrected chi connectivity index (χ2v) is 2.96. The van der Waals surface area contributed by atoms with Gasteiger partial charge in [0.2, 0.25) is 0 Å². The summed E-state index contributed by atoms with van der Waals surface area (Å²) in [4.78, 5) is 23.3. The third-order valence-corrected chi connectivity index (χ3v) is 1.82. The molecule has 1 atom stereocenters. The van der Waals surface area contributed by atoms with E-state index in [0.29, 0.717) is 6.54 Å². The van der Waals surface area contributed by atoms with Gasteiger partial charge in [-0.25, -0.2) is 0 Å². The molecule has 4 heteroatoms. The predicted octanol–water partition coefficient (Wildman–Crippen LogP) is 0.579. The molecule has 0 radical (unpaired) electrons. The zero-order valence-corrected chi connectivity index (χ0v) is 8.70. The molecular formula is C10H15NO3. The normalized spacial score (nSPS) is 11.1. The molecule has 0 rings (SSSR count). The van der Waals surface area contributed by atoms with Crippen molar-refractivity contribution in [2.75, 3.05) is 13.1 Å². The minimum atomic E-state index is -0.902. The van der Waals surface area contributed by atoms with Gasteiger partial charge in [-0.2, -0.15) is 0 Å². The summed E-state index contributed by atoms with van der Waals surface area (Å²) in [5, 5.41) is 8.66. The summed E-state index contributed by atoms with van der Waals surface area (Å²) in [7, 11) is 0. The van der Waals surface area contributed by atoms with Gasteiger partial charge in [0.05, 0.1) is 5.92 Å². The molecule has 0 saturated heterocycles. The highest BCUT2D eigenvalue weighted by molar-refractivity contribution is 5.93. The predicted molar refractivity (Wildman–Crippen MR) is 52.5 cm³/mol. The fourth-order valence-corrected chi connectivity index (χ4v) is 0.950. The molecular weight excluding hydrogens is 182 g/mol. The van der Waals surface area contributed by atoms with Gasteiger partial charge in [-0.1, -0.05) is 12.8 Å². The highest BCUT2D eigenvalue weighted by atomic mass is 16.4. The van der Waals surface area contributed by atoms with Crippen LogP contribution in [0.2, 0.25) is 0 Å². The Hall–Kier alpha value is -1.50. The van der Waals surface area contributed by atoms with Crippen LogP contribution in [-0.4, -0.2) is 35.0 Å². The lowest BCUT2D eigenvalue weighted by Gasteiger charge is -2.19. The van der Waals surface area contributed by atoms with Gasteiger partial charge in [-0.15, -0.1) is 0 Å². The Balaban J connectivity index is 4.34. The lowest BCUT2D eigenvalue weighted by Crippen LogP contribution is -2.35. The summed E-state index contributed by atoms with van der Waals surface area (Å²) in [6, 6.07) is 0. The third-order valence-electron chi connectivity index (χ3n) is 1.82. The maximum atomic E-state index is 11.3. The smallest absolute Gasteiger partial charge is 0.308 e. The van der Waals surface area contributed by atoms with Crippen molar-refractivity contribution in [3.63, 3.8) is 0 Å². The molecule has 0 aromatic heterocycles. The lowest BCUT2D eigenvalue weighted by atomic mass is 10.1. The Morgan fingerprint density at radius 3 is 2.43 bits per heavy atom. The highest BCUT2D eigenvalue weighted by Crippen LogP contribution is 2.00. The molecule has 0 bridgehead atoms. The van der Waals surface area contributed by atoms with E-state index < -0.39 is 11.9 Å². The molecule has 0 saturated carbocycles. The van der Waals surface area contributed by atoms with E-state index in [-0.39, 0.29) is 12.5 Å².